The third kappa shape index (κ3) is 2.11. The fourth-order valence-corrected chi connectivity index (χ4v) is 1.53. The Morgan fingerprint density at radius 2 is 2.21 bits per heavy atom. The van der Waals surface area contributed by atoms with Gasteiger partial charge in [0.15, 0.2) is 0 Å². The van der Waals surface area contributed by atoms with Crippen molar-refractivity contribution in [1.29, 1.82) is 5.26 Å². The summed E-state index contributed by atoms with van der Waals surface area (Å²) in [5.41, 5.74) is 2.71. The molecule has 0 bridgehead atoms. The summed E-state index contributed by atoms with van der Waals surface area (Å²) in [7, 11) is 0. The smallest absolute Gasteiger partial charge is 0.0991 e. The topological polar surface area (TPSA) is 23.8 Å². The first-order valence-corrected chi connectivity index (χ1v) is 4.81. The summed E-state index contributed by atoms with van der Waals surface area (Å²) in [6.45, 7) is 3.51. The molecule has 0 heterocycles. The predicted octanol–water partition coefficient (Wildman–Crippen LogP) is 3.19. The summed E-state index contributed by atoms with van der Waals surface area (Å²) < 4.78 is 12.5. The van der Waals surface area contributed by atoms with Crippen molar-refractivity contribution < 1.29 is 4.39 Å². The molecule has 0 aliphatic carbocycles. The lowest BCUT2D eigenvalue weighted by molar-refractivity contribution is 0.446. The molecule has 0 N–H and O–H groups in total. The number of aryl methyl sites for hydroxylation is 1. The molecule has 14 heavy (non-hydrogen) atoms. The van der Waals surface area contributed by atoms with Crippen LogP contribution in [0.15, 0.2) is 18.2 Å². The van der Waals surface area contributed by atoms with Gasteiger partial charge in [0.2, 0.25) is 0 Å². The average Bonchev–Trinajstić information content (AvgIpc) is 2.27. The van der Waals surface area contributed by atoms with E-state index in [4.69, 9.17) is 5.26 Å². The summed E-state index contributed by atoms with van der Waals surface area (Å²) in [5, 5.41) is 8.74. The molecule has 0 radical (unpaired) electrons. The lowest BCUT2D eigenvalue weighted by atomic mass is 9.93. The molecular weight excluding hydrogens is 177 g/mol. The number of halogens is 1. The summed E-state index contributed by atoms with van der Waals surface area (Å²) in [4.78, 5) is 0. The first-order chi connectivity index (χ1) is 6.72. The van der Waals surface area contributed by atoms with Gasteiger partial charge in [0.25, 0.3) is 0 Å². The van der Waals surface area contributed by atoms with Crippen molar-refractivity contribution in [2.75, 3.05) is 6.67 Å². The highest BCUT2D eigenvalue weighted by atomic mass is 19.1. The Bertz CT molecular complexity index is 352. The van der Waals surface area contributed by atoms with Crippen LogP contribution < -0.4 is 0 Å². The SMILES string of the molecule is CCc1ccc(C#N)cc1C(C)CF. The molecule has 0 amide bonds. The van der Waals surface area contributed by atoms with Crippen molar-refractivity contribution in [2.24, 2.45) is 0 Å². The number of rotatable bonds is 3. The van der Waals surface area contributed by atoms with Crippen LogP contribution in [0.2, 0.25) is 0 Å². The number of benzene rings is 1. The molecule has 0 aliphatic rings. The van der Waals surface area contributed by atoms with Crippen LogP contribution in [0, 0.1) is 11.3 Å². The van der Waals surface area contributed by atoms with Gasteiger partial charge >= 0.3 is 0 Å². The van der Waals surface area contributed by atoms with Crippen LogP contribution in [-0.4, -0.2) is 6.67 Å². The third-order valence-electron chi connectivity index (χ3n) is 2.42. The predicted molar refractivity (Wildman–Crippen MR) is 54.9 cm³/mol. The van der Waals surface area contributed by atoms with E-state index < -0.39 is 0 Å². The molecule has 1 rings (SSSR count). The van der Waals surface area contributed by atoms with Crippen LogP contribution in [0.5, 0.6) is 0 Å². The van der Waals surface area contributed by atoms with Gasteiger partial charge in [0.1, 0.15) is 0 Å². The molecule has 74 valence electrons. The monoisotopic (exact) mass is 191 g/mol. The first-order valence-electron chi connectivity index (χ1n) is 4.81. The Labute approximate surface area is 84.2 Å². The molecule has 0 saturated carbocycles. The molecule has 0 aliphatic heterocycles. The quantitative estimate of drug-likeness (QED) is 0.719. The van der Waals surface area contributed by atoms with Crippen LogP contribution in [0.25, 0.3) is 0 Å². The highest BCUT2D eigenvalue weighted by Crippen LogP contribution is 2.22. The minimum absolute atomic E-state index is 0.113. The molecule has 1 aromatic carbocycles. The van der Waals surface area contributed by atoms with Gasteiger partial charge in [-0.15, -0.1) is 0 Å². The molecular formula is C12H14FN. The Hall–Kier alpha value is -1.36. The fourth-order valence-electron chi connectivity index (χ4n) is 1.53. The second-order valence-corrected chi connectivity index (χ2v) is 3.43. The average molecular weight is 191 g/mol. The van der Waals surface area contributed by atoms with Crippen LogP contribution in [0.1, 0.15) is 36.5 Å². The Kier molecular flexibility index (Phi) is 3.64. The molecule has 0 fully saturated rings. The van der Waals surface area contributed by atoms with E-state index in [2.05, 4.69) is 6.07 Å². The highest BCUT2D eigenvalue weighted by Gasteiger charge is 2.10. The van der Waals surface area contributed by atoms with Crippen molar-refractivity contribution in [3.05, 3.63) is 34.9 Å². The minimum Gasteiger partial charge on any atom is -0.250 e. The van der Waals surface area contributed by atoms with E-state index in [9.17, 15) is 4.39 Å². The van der Waals surface area contributed by atoms with Gasteiger partial charge in [-0.05, 0) is 29.7 Å². The maximum Gasteiger partial charge on any atom is 0.0991 e. The highest BCUT2D eigenvalue weighted by molar-refractivity contribution is 5.39. The first kappa shape index (κ1) is 10.7. The molecule has 1 aromatic rings. The summed E-state index contributed by atoms with van der Waals surface area (Å²) in [6.07, 6.45) is 0.880. The van der Waals surface area contributed by atoms with E-state index in [-0.39, 0.29) is 12.6 Å². The zero-order chi connectivity index (χ0) is 10.6. The van der Waals surface area contributed by atoms with E-state index in [1.165, 1.54) is 0 Å². The lowest BCUT2D eigenvalue weighted by Gasteiger charge is -2.12. The second-order valence-electron chi connectivity index (χ2n) is 3.43. The summed E-state index contributed by atoms with van der Waals surface area (Å²) >= 11 is 0. The number of hydrogen-bond acceptors (Lipinski definition) is 1. The molecule has 0 aromatic heterocycles. The Morgan fingerprint density at radius 1 is 1.50 bits per heavy atom. The van der Waals surface area contributed by atoms with E-state index in [1.54, 1.807) is 12.1 Å². The standard InChI is InChI=1S/C12H14FN/c1-3-11-5-4-10(8-14)6-12(11)9(2)7-13/h4-6,9H,3,7H2,1-2H3. The van der Waals surface area contributed by atoms with Crippen LogP contribution in [0.4, 0.5) is 4.39 Å². The van der Waals surface area contributed by atoms with E-state index in [1.807, 2.05) is 19.9 Å². The van der Waals surface area contributed by atoms with Gasteiger partial charge in [-0.2, -0.15) is 5.26 Å². The number of hydrogen-bond donors (Lipinski definition) is 0. The van der Waals surface area contributed by atoms with Crippen molar-refractivity contribution in [3.8, 4) is 6.07 Å². The third-order valence-corrected chi connectivity index (χ3v) is 2.42. The molecule has 0 saturated heterocycles. The number of alkyl halides is 1. The zero-order valence-electron chi connectivity index (χ0n) is 8.55. The van der Waals surface area contributed by atoms with Gasteiger partial charge in [0, 0.05) is 5.92 Å². The minimum atomic E-state index is -0.373. The largest absolute Gasteiger partial charge is 0.250 e. The van der Waals surface area contributed by atoms with Gasteiger partial charge in [0.05, 0.1) is 18.3 Å². The molecule has 1 nitrogen and oxygen atoms in total. The van der Waals surface area contributed by atoms with Gasteiger partial charge in [-0.1, -0.05) is 19.9 Å². The Morgan fingerprint density at radius 3 is 2.71 bits per heavy atom. The van der Waals surface area contributed by atoms with Crippen molar-refractivity contribution in [1.82, 2.24) is 0 Å². The Balaban J connectivity index is 3.16. The van der Waals surface area contributed by atoms with E-state index in [0.717, 1.165) is 17.5 Å². The van der Waals surface area contributed by atoms with E-state index >= 15 is 0 Å². The van der Waals surface area contributed by atoms with Gasteiger partial charge in [-0.3, -0.25) is 4.39 Å². The summed E-state index contributed by atoms with van der Waals surface area (Å²) in [5.74, 6) is -0.113. The number of nitrogens with zero attached hydrogens (tertiary/aromatic N) is 1. The van der Waals surface area contributed by atoms with Crippen LogP contribution in [-0.2, 0) is 6.42 Å². The van der Waals surface area contributed by atoms with Gasteiger partial charge < -0.3 is 0 Å². The maximum atomic E-state index is 12.5. The van der Waals surface area contributed by atoms with Crippen molar-refractivity contribution >= 4 is 0 Å². The van der Waals surface area contributed by atoms with Crippen LogP contribution >= 0.6 is 0 Å². The second kappa shape index (κ2) is 4.76. The molecule has 1 unspecified atom stereocenters. The number of nitriles is 1. The van der Waals surface area contributed by atoms with Crippen molar-refractivity contribution in [3.63, 3.8) is 0 Å². The van der Waals surface area contributed by atoms with Crippen LogP contribution in [0.3, 0.4) is 0 Å². The fraction of sp³-hybridized carbons (Fsp3) is 0.417. The maximum absolute atomic E-state index is 12.5. The molecule has 1 atom stereocenters. The molecule has 0 spiro atoms. The van der Waals surface area contributed by atoms with Crippen molar-refractivity contribution in [2.45, 2.75) is 26.2 Å². The van der Waals surface area contributed by atoms with E-state index in [0.29, 0.717) is 5.56 Å². The van der Waals surface area contributed by atoms with Gasteiger partial charge in [-0.25, -0.2) is 0 Å². The molecule has 2 heteroatoms. The zero-order valence-corrected chi connectivity index (χ0v) is 8.55. The lowest BCUT2D eigenvalue weighted by Crippen LogP contribution is -2.01. The normalized spacial score (nSPS) is 12.1. The summed E-state index contributed by atoms with van der Waals surface area (Å²) in [6, 6.07) is 7.57.